The molecule has 0 aliphatic heterocycles. The molecule has 1 aromatic carbocycles. The number of imidazole rings is 1. The smallest absolute Gasteiger partial charge is 0.240 e. The average molecular weight is 315 g/mol. The van der Waals surface area contributed by atoms with Gasteiger partial charge in [-0.2, -0.15) is 0 Å². The summed E-state index contributed by atoms with van der Waals surface area (Å²) in [7, 11) is -1.79. The van der Waals surface area contributed by atoms with Crippen molar-refractivity contribution in [3.05, 3.63) is 47.0 Å². The first-order valence-electron chi connectivity index (χ1n) is 5.93. The van der Waals surface area contributed by atoms with E-state index in [1.807, 2.05) is 0 Å². The lowest BCUT2D eigenvalue weighted by Gasteiger charge is -2.08. The van der Waals surface area contributed by atoms with Gasteiger partial charge in [-0.25, -0.2) is 18.1 Å². The molecule has 0 atom stereocenters. The Hall–Kier alpha value is -1.41. The van der Waals surface area contributed by atoms with E-state index in [1.54, 1.807) is 19.3 Å². The molecule has 0 saturated carbocycles. The SMILES string of the molecule is CNCc1ccc(S(=O)(=O)NCc2cnc[nH]2)cc1Cl. The zero-order valence-electron chi connectivity index (χ0n) is 10.9. The van der Waals surface area contributed by atoms with Crippen molar-refractivity contribution in [2.75, 3.05) is 7.05 Å². The molecular formula is C12H15ClN4O2S. The Morgan fingerprint density at radius 1 is 1.35 bits per heavy atom. The predicted molar refractivity (Wildman–Crippen MR) is 76.8 cm³/mol. The monoisotopic (exact) mass is 314 g/mol. The van der Waals surface area contributed by atoms with Gasteiger partial charge in [0.25, 0.3) is 0 Å². The first-order valence-corrected chi connectivity index (χ1v) is 7.79. The number of benzene rings is 1. The molecule has 2 aromatic rings. The summed E-state index contributed by atoms with van der Waals surface area (Å²) in [6, 6.07) is 4.68. The highest BCUT2D eigenvalue weighted by Crippen LogP contribution is 2.20. The molecule has 0 fully saturated rings. The highest BCUT2D eigenvalue weighted by atomic mass is 35.5. The van der Waals surface area contributed by atoms with Crippen LogP contribution in [0, 0.1) is 0 Å². The van der Waals surface area contributed by atoms with Gasteiger partial charge in [-0.15, -0.1) is 0 Å². The number of hydrogen-bond donors (Lipinski definition) is 3. The number of rotatable bonds is 6. The Kier molecular flexibility index (Phi) is 4.77. The molecule has 0 saturated heterocycles. The van der Waals surface area contributed by atoms with Crippen molar-refractivity contribution in [2.24, 2.45) is 0 Å². The number of H-pyrrole nitrogens is 1. The Balaban J connectivity index is 2.14. The number of nitrogens with one attached hydrogen (secondary N) is 3. The van der Waals surface area contributed by atoms with Crippen LogP contribution in [-0.2, 0) is 23.1 Å². The lowest BCUT2D eigenvalue weighted by Crippen LogP contribution is -2.23. The first-order chi connectivity index (χ1) is 9.53. The van der Waals surface area contributed by atoms with Crippen LogP contribution in [0.25, 0.3) is 0 Å². The summed E-state index contributed by atoms with van der Waals surface area (Å²) < 4.78 is 26.7. The summed E-state index contributed by atoms with van der Waals surface area (Å²) >= 11 is 6.07. The lowest BCUT2D eigenvalue weighted by molar-refractivity contribution is 0.580. The molecule has 3 N–H and O–H groups in total. The molecule has 1 aromatic heterocycles. The van der Waals surface area contributed by atoms with Gasteiger partial charge in [0, 0.05) is 23.5 Å². The molecule has 0 amide bonds. The third-order valence-corrected chi connectivity index (χ3v) is 4.46. The zero-order chi connectivity index (χ0) is 14.6. The van der Waals surface area contributed by atoms with Gasteiger partial charge in [-0.05, 0) is 24.7 Å². The summed E-state index contributed by atoms with van der Waals surface area (Å²) in [5, 5.41) is 3.39. The Labute approximate surface area is 122 Å². The minimum atomic E-state index is -3.59. The van der Waals surface area contributed by atoms with E-state index in [0.717, 1.165) is 5.56 Å². The fraction of sp³-hybridized carbons (Fsp3) is 0.250. The molecule has 0 unspecified atom stereocenters. The van der Waals surface area contributed by atoms with Gasteiger partial charge in [-0.3, -0.25) is 0 Å². The van der Waals surface area contributed by atoms with Crippen molar-refractivity contribution in [3.8, 4) is 0 Å². The number of sulfonamides is 1. The van der Waals surface area contributed by atoms with E-state index >= 15 is 0 Å². The minimum Gasteiger partial charge on any atom is -0.347 e. The third kappa shape index (κ3) is 3.57. The van der Waals surface area contributed by atoms with Crippen molar-refractivity contribution in [1.29, 1.82) is 0 Å². The second kappa shape index (κ2) is 6.36. The Bertz CT molecular complexity index is 671. The maximum atomic E-state index is 12.1. The molecule has 0 aliphatic rings. The van der Waals surface area contributed by atoms with Gasteiger partial charge >= 0.3 is 0 Å². The van der Waals surface area contributed by atoms with Crippen molar-refractivity contribution in [1.82, 2.24) is 20.0 Å². The molecule has 1 heterocycles. The van der Waals surface area contributed by atoms with E-state index in [-0.39, 0.29) is 11.4 Å². The maximum Gasteiger partial charge on any atom is 0.240 e. The fourth-order valence-corrected chi connectivity index (χ4v) is 3.01. The molecule has 8 heteroatoms. The van der Waals surface area contributed by atoms with Crippen LogP contribution in [0.4, 0.5) is 0 Å². The lowest BCUT2D eigenvalue weighted by atomic mass is 10.2. The molecule has 0 bridgehead atoms. The predicted octanol–water partition coefficient (Wildman–Crippen LogP) is 1.26. The number of hydrogen-bond acceptors (Lipinski definition) is 4. The summed E-state index contributed by atoms with van der Waals surface area (Å²) in [4.78, 5) is 6.79. The number of aromatic amines is 1. The molecule has 20 heavy (non-hydrogen) atoms. The summed E-state index contributed by atoms with van der Waals surface area (Å²) in [6.07, 6.45) is 3.05. The highest BCUT2D eigenvalue weighted by molar-refractivity contribution is 7.89. The maximum absolute atomic E-state index is 12.1. The molecule has 2 rings (SSSR count). The first kappa shape index (κ1) is 15.0. The Morgan fingerprint density at radius 2 is 2.15 bits per heavy atom. The minimum absolute atomic E-state index is 0.141. The van der Waals surface area contributed by atoms with Crippen LogP contribution in [0.15, 0.2) is 35.6 Å². The molecule has 0 spiro atoms. The second-order valence-corrected chi connectivity index (χ2v) is 6.36. The van der Waals surface area contributed by atoms with Crippen molar-refractivity contribution < 1.29 is 8.42 Å². The van der Waals surface area contributed by atoms with Crippen LogP contribution >= 0.6 is 11.6 Å². The van der Waals surface area contributed by atoms with E-state index < -0.39 is 10.0 Å². The van der Waals surface area contributed by atoms with Crippen LogP contribution in [0.2, 0.25) is 5.02 Å². The van der Waals surface area contributed by atoms with Crippen molar-refractivity contribution in [3.63, 3.8) is 0 Å². The van der Waals surface area contributed by atoms with E-state index in [4.69, 9.17) is 11.6 Å². The number of nitrogens with zero attached hydrogens (tertiary/aromatic N) is 1. The quantitative estimate of drug-likeness (QED) is 0.749. The zero-order valence-corrected chi connectivity index (χ0v) is 12.4. The van der Waals surface area contributed by atoms with Gasteiger partial charge in [0.05, 0.1) is 17.8 Å². The normalized spacial score (nSPS) is 11.7. The van der Waals surface area contributed by atoms with Gasteiger partial charge in [0.1, 0.15) is 0 Å². The van der Waals surface area contributed by atoms with Crippen LogP contribution in [0.3, 0.4) is 0 Å². The fourth-order valence-electron chi connectivity index (χ4n) is 1.67. The van der Waals surface area contributed by atoms with Crippen LogP contribution < -0.4 is 10.0 Å². The van der Waals surface area contributed by atoms with E-state index in [0.29, 0.717) is 17.3 Å². The van der Waals surface area contributed by atoms with Crippen molar-refractivity contribution >= 4 is 21.6 Å². The molecule has 6 nitrogen and oxygen atoms in total. The standard InChI is InChI=1S/C12H15ClN4O2S/c1-14-5-9-2-3-11(4-12(9)13)20(18,19)17-7-10-6-15-8-16-10/h2-4,6,8,14,17H,5,7H2,1H3,(H,15,16). The van der Waals surface area contributed by atoms with Crippen LogP contribution in [0.1, 0.15) is 11.3 Å². The van der Waals surface area contributed by atoms with Gasteiger partial charge in [0.15, 0.2) is 0 Å². The number of halogens is 1. The third-order valence-electron chi connectivity index (χ3n) is 2.71. The number of aromatic nitrogens is 2. The second-order valence-electron chi connectivity index (χ2n) is 4.18. The highest BCUT2D eigenvalue weighted by Gasteiger charge is 2.15. The summed E-state index contributed by atoms with van der Waals surface area (Å²) in [5.41, 5.74) is 1.54. The molecule has 0 aliphatic carbocycles. The van der Waals surface area contributed by atoms with Gasteiger partial charge in [0.2, 0.25) is 10.0 Å². The Morgan fingerprint density at radius 3 is 2.75 bits per heavy atom. The van der Waals surface area contributed by atoms with Crippen LogP contribution in [-0.4, -0.2) is 25.4 Å². The van der Waals surface area contributed by atoms with Crippen molar-refractivity contribution in [2.45, 2.75) is 18.0 Å². The van der Waals surface area contributed by atoms with Crippen LogP contribution in [0.5, 0.6) is 0 Å². The van der Waals surface area contributed by atoms with Gasteiger partial charge in [-0.1, -0.05) is 17.7 Å². The average Bonchev–Trinajstić information content (AvgIpc) is 2.92. The molecule has 108 valence electrons. The van der Waals surface area contributed by atoms with E-state index in [2.05, 4.69) is 20.0 Å². The van der Waals surface area contributed by atoms with E-state index in [9.17, 15) is 8.42 Å². The topological polar surface area (TPSA) is 86.9 Å². The molecular weight excluding hydrogens is 300 g/mol. The van der Waals surface area contributed by atoms with Gasteiger partial charge < -0.3 is 10.3 Å². The molecule has 0 radical (unpaired) electrons. The van der Waals surface area contributed by atoms with E-state index in [1.165, 1.54) is 18.5 Å². The summed E-state index contributed by atoms with van der Waals surface area (Å²) in [6.45, 7) is 0.735. The summed E-state index contributed by atoms with van der Waals surface area (Å²) in [5.74, 6) is 0. The largest absolute Gasteiger partial charge is 0.347 e.